The van der Waals surface area contributed by atoms with Crippen LogP contribution in [0.25, 0.3) is 0 Å². The Kier molecular flexibility index (Phi) is 6.80. The number of benzene rings is 1. The molecule has 0 spiro atoms. The van der Waals surface area contributed by atoms with E-state index in [9.17, 15) is 5.11 Å². The number of phenols is 1. The molecule has 5 nitrogen and oxygen atoms in total. The standard InChI is InChI=1S/C17H26N4O.HI/c1-2-18-17(19-13-14-7-8-14)21-11-9-20(10-12-21)15-5-3-4-6-16(15)22;/h3-6,14,22H,2,7-13H2,1H3,(H,18,19);1H. The average molecular weight is 430 g/mol. The summed E-state index contributed by atoms with van der Waals surface area (Å²) in [6, 6.07) is 7.58. The van der Waals surface area contributed by atoms with Gasteiger partial charge >= 0.3 is 0 Å². The summed E-state index contributed by atoms with van der Waals surface area (Å²) in [7, 11) is 0. The van der Waals surface area contributed by atoms with Gasteiger partial charge in [0.25, 0.3) is 0 Å². The lowest BCUT2D eigenvalue weighted by Gasteiger charge is -2.37. The van der Waals surface area contributed by atoms with Gasteiger partial charge in [-0.15, -0.1) is 24.0 Å². The highest BCUT2D eigenvalue weighted by Crippen LogP contribution is 2.29. The minimum Gasteiger partial charge on any atom is -0.506 e. The first-order chi connectivity index (χ1) is 10.8. The maximum Gasteiger partial charge on any atom is 0.194 e. The molecule has 1 aliphatic heterocycles. The van der Waals surface area contributed by atoms with Gasteiger partial charge in [-0.2, -0.15) is 0 Å². The average Bonchev–Trinajstić information content (AvgIpc) is 3.37. The lowest BCUT2D eigenvalue weighted by Crippen LogP contribution is -2.52. The largest absolute Gasteiger partial charge is 0.506 e. The molecule has 0 bridgehead atoms. The molecule has 6 heteroatoms. The number of guanidine groups is 1. The molecular weight excluding hydrogens is 403 g/mol. The van der Waals surface area contributed by atoms with Gasteiger partial charge in [0.15, 0.2) is 5.96 Å². The Bertz CT molecular complexity index is 525. The van der Waals surface area contributed by atoms with E-state index in [1.54, 1.807) is 6.07 Å². The van der Waals surface area contributed by atoms with Gasteiger partial charge in [0.05, 0.1) is 5.69 Å². The molecule has 2 fully saturated rings. The predicted octanol–water partition coefficient (Wildman–Crippen LogP) is 2.51. The maximum atomic E-state index is 9.98. The van der Waals surface area contributed by atoms with Gasteiger partial charge in [-0.05, 0) is 37.8 Å². The van der Waals surface area contributed by atoms with Crippen LogP contribution in [0.3, 0.4) is 0 Å². The first-order valence-electron chi connectivity index (χ1n) is 8.34. The molecule has 0 radical (unpaired) electrons. The Labute approximate surface area is 155 Å². The third-order valence-electron chi connectivity index (χ3n) is 4.33. The van der Waals surface area contributed by atoms with Crippen molar-refractivity contribution in [3.8, 4) is 5.75 Å². The lowest BCUT2D eigenvalue weighted by molar-refractivity contribution is 0.369. The van der Waals surface area contributed by atoms with Gasteiger partial charge < -0.3 is 20.2 Å². The van der Waals surface area contributed by atoms with Crippen molar-refractivity contribution in [1.82, 2.24) is 10.2 Å². The zero-order valence-electron chi connectivity index (χ0n) is 13.7. The molecule has 1 aromatic carbocycles. The number of phenolic OH excluding ortho intramolecular Hbond substituents is 1. The highest BCUT2D eigenvalue weighted by molar-refractivity contribution is 14.0. The minimum atomic E-state index is 0. The molecule has 2 N–H and O–H groups in total. The summed E-state index contributed by atoms with van der Waals surface area (Å²) in [6.45, 7) is 7.67. The number of halogens is 1. The number of aliphatic imine (C=N–C) groups is 1. The number of hydrogen-bond acceptors (Lipinski definition) is 3. The van der Waals surface area contributed by atoms with Gasteiger partial charge in [0, 0.05) is 39.3 Å². The van der Waals surface area contributed by atoms with Crippen LogP contribution in [-0.4, -0.2) is 55.2 Å². The van der Waals surface area contributed by atoms with Crippen molar-refractivity contribution in [3.05, 3.63) is 24.3 Å². The summed E-state index contributed by atoms with van der Waals surface area (Å²) in [6.07, 6.45) is 2.67. The fourth-order valence-corrected chi connectivity index (χ4v) is 2.83. The summed E-state index contributed by atoms with van der Waals surface area (Å²) in [5, 5.41) is 13.4. The van der Waals surface area contributed by atoms with Crippen LogP contribution >= 0.6 is 24.0 Å². The Balaban J connectivity index is 0.00000192. The second-order valence-corrected chi connectivity index (χ2v) is 6.10. The third kappa shape index (κ3) is 4.89. The number of aromatic hydroxyl groups is 1. The molecule has 23 heavy (non-hydrogen) atoms. The molecule has 1 saturated carbocycles. The Morgan fingerprint density at radius 3 is 2.52 bits per heavy atom. The van der Waals surface area contributed by atoms with Crippen molar-refractivity contribution in [2.75, 3.05) is 44.2 Å². The molecule has 0 unspecified atom stereocenters. The molecular formula is C17H27IN4O. The summed E-state index contributed by atoms with van der Waals surface area (Å²) >= 11 is 0. The minimum absolute atomic E-state index is 0. The van der Waals surface area contributed by atoms with Crippen molar-refractivity contribution < 1.29 is 5.11 Å². The third-order valence-corrected chi connectivity index (χ3v) is 4.33. The number of hydrogen-bond donors (Lipinski definition) is 2. The fourth-order valence-electron chi connectivity index (χ4n) is 2.83. The van der Waals surface area contributed by atoms with Crippen LogP contribution in [0.2, 0.25) is 0 Å². The van der Waals surface area contributed by atoms with Crippen LogP contribution in [0.15, 0.2) is 29.3 Å². The monoisotopic (exact) mass is 430 g/mol. The molecule has 3 rings (SSSR count). The van der Waals surface area contributed by atoms with Crippen LogP contribution in [0.4, 0.5) is 5.69 Å². The zero-order chi connectivity index (χ0) is 15.4. The molecule has 1 heterocycles. The molecule has 1 saturated heterocycles. The maximum absolute atomic E-state index is 9.98. The van der Waals surface area contributed by atoms with Crippen molar-refractivity contribution in [2.24, 2.45) is 10.9 Å². The second-order valence-electron chi connectivity index (χ2n) is 6.10. The Hall–Kier alpha value is -1.18. The van der Waals surface area contributed by atoms with E-state index in [-0.39, 0.29) is 24.0 Å². The molecule has 128 valence electrons. The Morgan fingerprint density at radius 1 is 1.22 bits per heavy atom. The van der Waals surface area contributed by atoms with Gasteiger partial charge in [-0.3, -0.25) is 4.99 Å². The summed E-state index contributed by atoms with van der Waals surface area (Å²) in [4.78, 5) is 9.36. The summed E-state index contributed by atoms with van der Waals surface area (Å²) in [5.41, 5.74) is 0.932. The number of piperazine rings is 1. The highest BCUT2D eigenvalue weighted by Gasteiger charge is 2.23. The number of nitrogens with one attached hydrogen (secondary N) is 1. The van der Waals surface area contributed by atoms with Crippen molar-refractivity contribution in [2.45, 2.75) is 19.8 Å². The molecule has 0 aromatic heterocycles. The molecule has 1 aromatic rings. The number of rotatable bonds is 4. The van der Waals surface area contributed by atoms with E-state index in [1.165, 1.54) is 12.8 Å². The van der Waals surface area contributed by atoms with E-state index in [1.807, 2.05) is 18.2 Å². The van der Waals surface area contributed by atoms with E-state index in [0.29, 0.717) is 5.75 Å². The molecule has 1 aliphatic carbocycles. The number of anilines is 1. The molecule has 0 atom stereocenters. The van der Waals surface area contributed by atoms with Crippen LogP contribution < -0.4 is 10.2 Å². The number of nitrogens with zero attached hydrogens (tertiary/aromatic N) is 3. The van der Waals surface area contributed by atoms with E-state index >= 15 is 0 Å². The summed E-state index contributed by atoms with van der Waals surface area (Å²) in [5.74, 6) is 2.23. The van der Waals surface area contributed by atoms with Crippen LogP contribution in [0.5, 0.6) is 5.75 Å². The van der Waals surface area contributed by atoms with Crippen LogP contribution in [0, 0.1) is 5.92 Å². The second kappa shape index (κ2) is 8.61. The van der Waals surface area contributed by atoms with E-state index in [2.05, 4.69) is 22.0 Å². The van der Waals surface area contributed by atoms with E-state index < -0.39 is 0 Å². The number of para-hydroxylation sites is 2. The van der Waals surface area contributed by atoms with E-state index in [4.69, 9.17) is 4.99 Å². The van der Waals surface area contributed by atoms with Gasteiger partial charge in [-0.1, -0.05) is 12.1 Å². The van der Waals surface area contributed by atoms with Crippen LogP contribution in [-0.2, 0) is 0 Å². The summed E-state index contributed by atoms with van der Waals surface area (Å²) < 4.78 is 0. The van der Waals surface area contributed by atoms with Gasteiger partial charge in [0.1, 0.15) is 5.75 Å². The van der Waals surface area contributed by atoms with Crippen molar-refractivity contribution >= 4 is 35.6 Å². The Morgan fingerprint density at radius 2 is 1.91 bits per heavy atom. The van der Waals surface area contributed by atoms with Crippen molar-refractivity contribution in [1.29, 1.82) is 0 Å². The highest BCUT2D eigenvalue weighted by atomic mass is 127. The van der Waals surface area contributed by atoms with Crippen molar-refractivity contribution in [3.63, 3.8) is 0 Å². The fraction of sp³-hybridized carbons (Fsp3) is 0.588. The quantitative estimate of drug-likeness (QED) is 0.438. The first kappa shape index (κ1) is 18.2. The first-order valence-corrected chi connectivity index (χ1v) is 8.34. The van der Waals surface area contributed by atoms with E-state index in [0.717, 1.165) is 56.8 Å². The van der Waals surface area contributed by atoms with Gasteiger partial charge in [0.2, 0.25) is 0 Å². The van der Waals surface area contributed by atoms with Gasteiger partial charge in [-0.25, -0.2) is 0 Å². The lowest BCUT2D eigenvalue weighted by atomic mass is 10.2. The zero-order valence-corrected chi connectivity index (χ0v) is 16.1. The smallest absolute Gasteiger partial charge is 0.194 e. The normalized spacial score (nSPS) is 18.6. The topological polar surface area (TPSA) is 51.1 Å². The molecule has 2 aliphatic rings. The van der Waals surface area contributed by atoms with Crippen LogP contribution in [0.1, 0.15) is 19.8 Å². The SMILES string of the molecule is CCNC(=NCC1CC1)N1CCN(c2ccccc2O)CC1.I. The predicted molar refractivity (Wildman–Crippen MR) is 106 cm³/mol. The molecule has 0 amide bonds.